The van der Waals surface area contributed by atoms with Crippen LogP contribution in [0.1, 0.15) is 51.7 Å². The Balaban J connectivity index is 2.77. The Hall–Kier alpha value is -1.55. The molecule has 2 N–H and O–H groups in total. The minimum Gasteiger partial charge on any atom is -0.444 e. The summed E-state index contributed by atoms with van der Waals surface area (Å²) in [4.78, 5) is 11.9. The van der Waals surface area contributed by atoms with Crippen LogP contribution in [-0.2, 0) is 11.2 Å². The molecule has 4 nitrogen and oxygen atoms in total. The van der Waals surface area contributed by atoms with Crippen molar-refractivity contribution in [2.45, 2.75) is 59.5 Å². The predicted octanol–water partition coefficient (Wildman–Crippen LogP) is 3.84. The number of aliphatic hydroxyl groups is 1. The minimum atomic E-state index is -0.520. The summed E-state index contributed by atoms with van der Waals surface area (Å²) in [5, 5.41) is 12.8. The molecule has 0 radical (unpaired) electrons. The molecule has 0 aliphatic heterocycles. The number of nitrogens with one attached hydrogen (secondary N) is 1. The molecule has 0 fully saturated rings. The van der Waals surface area contributed by atoms with E-state index in [1.54, 1.807) is 0 Å². The molecule has 4 heteroatoms. The van der Waals surface area contributed by atoms with E-state index in [1.165, 1.54) is 11.1 Å². The molecule has 130 valence electrons. The van der Waals surface area contributed by atoms with Gasteiger partial charge in [0.05, 0.1) is 6.61 Å². The number of aliphatic hydroxyl groups excluding tert-OH is 1. The number of rotatable bonds is 7. The zero-order chi connectivity index (χ0) is 17.5. The topological polar surface area (TPSA) is 58.6 Å². The van der Waals surface area contributed by atoms with Crippen molar-refractivity contribution < 1.29 is 14.6 Å². The van der Waals surface area contributed by atoms with Crippen LogP contribution < -0.4 is 5.32 Å². The molecular weight excluding hydrogens is 290 g/mol. The molecule has 0 bridgehead atoms. The highest BCUT2D eigenvalue weighted by atomic mass is 16.6. The molecule has 0 aliphatic rings. The Bertz CT molecular complexity index is 490. The molecule has 0 aliphatic carbocycles. The van der Waals surface area contributed by atoms with E-state index in [2.05, 4.69) is 43.4 Å². The third kappa shape index (κ3) is 7.04. The van der Waals surface area contributed by atoms with Gasteiger partial charge in [-0.2, -0.15) is 0 Å². The van der Waals surface area contributed by atoms with Gasteiger partial charge in [0.1, 0.15) is 5.60 Å². The van der Waals surface area contributed by atoms with Crippen LogP contribution >= 0.6 is 0 Å². The minimum absolute atomic E-state index is 0.0323. The largest absolute Gasteiger partial charge is 0.444 e. The zero-order valence-corrected chi connectivity index (χ0v) is 15.1. The molecule has 0 saturated carbocycles. The van der Waals surface area contributed by atoms with Gasteiger partial charge in [0.25, 0.3) is 0 Å². The van der Waals surface area contributed by atoms with Crippen molar-refractivity contribution in [2.24, 2.45) is 5.41 Å². The molecule has 23 heavy (non-hydrogen) atoms. The number of ether oxygens (including phenoxy) is 1. The van der Waals surface area contributed by atoms with Gasteiger partial charge in [0.15, 0.2) is 0 Å². The van der Waals surface area contributed by atoms with E-state index < -0.39 is 11.7 Å². The van der Waals surface area contributed by atoms with Crippen LogP contribution in [-0.4, -0.2) is 30.0 Å². The maximum Gasteiger partial charge on any atom is 0.407 e. The summed E-state index contributed by atoms with van der Waals surface area (Å²) in [6.07, 6.45) is 2.08. The van der Waals surface area contributed by atoms with Gasteiger partial charge in [-0.25, -0.2) is 4.79 Å². The Labute approximate surface area is 140 Å². The van der Waals surface area contributed by atoms with Crippen molar-refractivity contribution in [3.8, 4) is 0 Å². The van der Waals surface area contributed by atoms with Gasteiger partial charge in [-0.1, -0.05) is 43.2 Å². The number of aryl methyl sites for hydroxylation is 1. The normalized spacial score (nSPS) is 14.2. The van der Waals surface area contributed by atoms with E-state index in [9.17, 15) is 9.90 Å². The highest BCUT2D eigenvalue weighted by molar-refractivity contribution is 5.67. The fourth-order valence-corrected chi connectivity index (χ4v) is 2.67. The molecule has 0 aromatic heterocycles. The van der Waals surface area contributed by atoms with Crippen LogP contribution in [0.3, 0.4) is 0 Å². The first-order chi connectivity index (χ1) is 10.7. The summed E-state index contributed by atoms with van der Waals surface area (Å²) in [5.41, 5.74) is 1.50. The fourth-order valence-electron chi connectivity index (χ4n) is 2.67. The highest BCUT2D eigenvalue weighted by Gasteiger charge is 2.30. The van der Waals surface area contributed by atoms with Crippen LogP contribution in [0.15, 0.2) is 24.3 Å². The zero-order valence-electron chi connectivity index (χ0n) is 15.1. The molecule has 1 rings (SSSR count). The van der Waals surface area contributed by atoms with E-state index in [0.29, 0.717) is 6.54 Å². The Kier molecular flexibility index (Phi) is 7.07. The van der Waals surface area contributed by atoms with E-state index >= 15 is 0 Å². The van der Waals surface area contributed by atoms with Crippen molar-refractivity contribution in [1.82, 2.24) is 5.32 Å². The van der Waals surface area contributed by atoms with Crippen LogP contribution in [0, 0.1) is 12.3 Å². The first kappa shape index (κ1) is 19.5. The number of benzene rings is 1. The average Bonchev–Trinajstić information content (AvgIpc) is 2.46. The summed E-state index contributed by atoms with van der Waals surface area (Å²) in [5.74, 6) is 0. The van der Waals surface area contributed by atoms with E-state index in [1.807, 2.05) is 20.8 Å². The number of carbonyl (C=O) groups excluding carboxylic acids is 1. The van der Waals surface area contributed by atoms with Gasteiger partial charge in [-0.3, -0.25) is 0 Å². The van der Waals surface area contributed by atoms with Gasteiger partial charge < -0.3 is 15.2 Å². The quantitative estimate of drug-likeness (QED) is 0.802. The number of amides is 1. The smallest absolute Gasteiger partial charge is 0.407 e. The monoisotopic (exact) mass is 321 g/mol. The van der Waals surface area contributed by atoms with E-state index in [4.69, 9.17) is 4.74 Å². The third-order valence-electron chi connectivity index (χ3n) is 3.82. The Morgan fingerprint density at radius 3 is 2.30 bits per heavy atom. The lowest BCUT2D eigenvalue weighted by Gasteiger charge is -2.32. The van der Waals surface area contributed by atoms with Crippen molar-refractivity contribution in [1.29, 1.82) is 0 Å². The maximum atomic E-state index is 11.9. The van der Waals surface area contributed by atoms with Gasteiger partial charge >= 0.3 is 6.09 Å². The first-order valence-corrected chi connectivity index (χ1v) is 8.33. The third-order valence-corrected chi connectivity index (χ3v) is 3.82. The second kappa shape index (κ2) is 8.34. The first-order valence-electron chi connectivity index (χ1n) is 8.33. The molecule has 0 heterocycles. The average molecular weight is 321 g/mol. The van der Waals surface area contributed by atoms with Crippen LogP contribution in [0.2, 0.25) is 0 Å². The summed E-state index contributed by atoms with van der Waals surface area (Å²) in [6, 6.07) is 8.32. The molecule has 1 aromatic carbocycles. The lowest BCUT2D eigenvalue weighted by molar-refractivity contribution is 0.0455. The fraction of sp³-hybridized carbons (Fsp3) is 0.632. The summed E-state index contributed by atoms with van der Waals surface area (Å²) < 4.78 is 5.29. The molecule has 1 unspecified atom stereocenters. The number of alkyl carbamates (subject to hydrolysis) is 1. The lowest BCUT2D eigenvalue weighted by atomic mass is 9.78. The van der Waals surface area contributed by atoms with Crippen LogP contribution in [0.25, 0.3) is 0 Å². The predicted molar refractivity (Wildman–Crippen MR) is 93.5 cm³/mol. The SMILES string of the molecule is CCCC(CO)(CNC(=O)OC(C)(C)C)Cc1ccc(C)cc1. The summed E-state index contributed by atoms with van der Waals surface area (Å²) >= 11 is 0. The van der Waals surface area contributed by atoms with Gasteiger partial charge in [-0.15, -0.1) is 0 Å². The maximum absolute atomic E-state index is 11.9. The second-order valence-electron chi connectivity index (χ2n) is 7.43. The Morgan fingerprint density at radius 2 is 1.83 bits per heavy atom. The van der Waals surface area contributed by atoms with Crippen molar-refractivity contribution in [3.05, 3.63) is 35.4 Å². The van der Waals surface area contributed by atoms with Gasteiger partial charge in [-0.05, 0) is 46.1 Å². The van der Waals surface area contributed by atoms with Gasteiger partial charge in [0, 0.05) is 12.0 Å². The summed E-state index contributed by atoms with van der Waals surface area (Å²) in [6.45, 7) is 10.1. The molecule has 1 aromatic rings. The van der Waals surface area contributed by atoms with Gasteiger partial charge in [0.2, 0.25) is 0 Å². The molecule has 0 spiro atoms. The van der Waals surface area contributed by atoms with Crippen molar-refractivity contribution in [2.75, 3.05) is 13.2 Å². The van der Waals surface area contributed by atoms with E-state index in [-0.39, 0.29) is 12.0 Å². The summed E-state index contributed by atoms with van der Waals surface area (Å²) in [7, 11) is 0. The molecule has 1 amide bonds. The van der Waals surface area contributed by atoms with Crippen molar-refractivity contribution in [3.63, 3.8) is 0 Å². The number of hydrogen-bond acceptors (Lipinski definition) is 3. The number of hydrogen-bond donors (Lipinski definition) is 2. The van der Waals surface area contributed by atoms with Crippen LogP contribution in [0.4, 0.5) is 4.79 Å². The second-order valence-corrected chi connectivity index (χ2v) is 7.43. The Morgan fingerprint density at radius 1 is 1.22 bits per heavy atom. The molecular formula is C19H31NO3. The molecule has 0 saturated heterocycles. The molecule has 1 atom stereocenters. The van der Waals surface area contributed by atoms with Crippen LogP contribution in [0.5, 0.6) is 0 Å². The van der Waals surface area contributed by atoms with Crippen molar-refractivity contribution >= 4 is 6.09 Å². The highest BCUT2D eigenvalue weighted by Crippen LogP contribution is 2.28. The number of carbonyl (C=O) groups is 1. The standard InChI is InChI=1S/C19H31NO3/c1-6-11-19(14-21,12-16-9-7-15(2)8-10-16)13-20-17(22)23-18(3,4)5/h7-10,21H,6,11-14H2,1-5H3,(H,20,22). The lowest BCUT2D eigenvalue weighted by Crippen LogP contribution is -2.43. The van der Waals surface area contributed by atoms with E-state index in [0.717, 1.165) is 19.3 Å².